The second-order valence-corrected chi connectivity index (χ2v) is 7.41. The highest BCUT2D eigenvalue weighted by Crippen LogP contribution is 2.32. The van der Waals surface area contributed by atoms with Gasteiger partial charge in [-0.3, -0.25) is 0 Å². The van der Waals surface area contributed by atoms with Crippen LogP contribution in [-0.4, -0.2) is 38.2 Å². The number of benzene rings is 1. The minimum atomic E-state index is -3.31. The molecule has 0 saturated carbocycles. The van der Waals surface area contributed by atoms with Gasteiger partial charge >= 0.3 is 0 Å². The normalized spacial score (nSPS) is 15.6. The van der Waals surface area contributed by atoms with Crippen LogP contribution in [0.2, 0.25) is 0 Å². The highest BCUT2D eigenvalue weighted by atomic mass is 35.5. The largest absolute Gasteiger partial charge is 0.454 e. The van der Waals surface area contributed by atoms with Crippen molar-refractivity contribution >= 4 is 21.6 Å². The number of hydrogen-bond donors (Lipinski definition) is 0. The Labute approximate surface area is 124 Å². The summed E-state index contributed by atoms with van der Waals surface area (Å²) in [6.07, 6.45) is 0. The van der Waals surface area contributed by atoms with Gasteiger partial charge in [0, 0.05) is 19.5 Å². The van der Waals surface area contributed by atoms with E-state index in [1.165, 1.54) is 4.31 Å². The van der Waals surface area contributed by atoms with E-state index in [1.807, 2.05) is 13.0 Å². The maximum Gasteiger partial charge on any atom is 0.231 e. The van der Waals surface area contributed by atoms with Crippen LogP contribution in [0.3, 0.4) is 0 Å². The van der Waals surface area contributed by atoms with Crippen molar-refractivity contribution in [1.82, 2.24) is 4.31 Å². The van der Waals surface area contributed by atoms with Crippen molar-refractivity contribution in [2.24, 2.45) is 5.92 Å². The van der Waals surface area contributed by atoms with Crippen LogP contribution in [0.4, 0.5) is 0 Å². The molecule has 1 heterocycles. The summed E-state index contributed by atoms with van der Waals surface area (Å²) in [5, 5.41) is 0. The molecular formula is C13H18ClNO4S. The molecule has 0 saturated heterocycles. The predicted molar refractivity (Wildman–Crippen MR) is 77.7 cm³/mol. The number of rotatable bonds is 6. The van der Waals surface area contributed by atoms with E-state index in [2.05, 4.69) is 0 Å². The van der Waals surface area contributed by atoms with Gasteiger partial charge < -0.3 is 9.47 Å². The third kappa shape index (κ3) is 3.56. The van der Waals surface area contributed by atoms with Crippen LogP contribution < -0.4 is 9.47 Å². The molecule has 1 aliphatic heterocycles. The minimum absolute atomic E-state index is 0.0531. The third-order valence-corrected chi connectivity index (χ3v) is 5.67. The van der Waals surface area contributed by atoms with Crippen LogP contribution in [0, 0.1) is 5.92 Å². The smallest absolute Gasteiger partial charge is 0.231 e. The van der Waals surface area contributed by atoms with Crippen molar-refractivity contribution in [3.8, 4) is 11.5 Å². The van der Waals surface area contributed by atoms with E-state index < -0.39 is 10.0 Å². The fourth-order valence-electron chi connectivity index (χ4n) is 1.93. The lowest BCUT2D eigenvalue weighted by Gasteiger charge is -2.19. The van der Waals surface area contributed by atoms with Crippen LogP contribution in [0.5, 0.6) is 11.5 Å². The predicted octanol–water partition coefficient (Wildman–Crippen LogP) is 2.05. The number of nitrogens with zero attached hydrogens (tertiary/aromatic N) is 1. The molecule has 0 aliphatic carbocycles. The lowest BCUT2D eigenvalue weighted by molar-refractivity contribution is 0.174. The molecule has 1 atom stereocenters. The molecule has 0 amide bonds. The lowest BCUT2D eigenvalue weighted by atomic mass is 10.2. The first-order valence-electron chi connectivity index (χ1n) is 6.31. The fourth-order valence-corrected chi connectivity index (χ4v) is 3.60. The van der Waals surface area contributed by atoms with Crippen molar-refractivity contribution in [3.63, 3.8) is 0 Å². The first-order valence-corrected chi connectivity index (χ1v) is 8.45. The van der Waals surface area contributed by atoms with Crippen LogP contribution in [-0.2, 0) is 16.6 Å². The summed E-state index contributed by atoms with van der Waals surface area (Å²) in [4.78, 5) is 0. The monoisotopic (exact) mass is 319 g/mol. The molecular weight excluding hydrogens is 302 g/mol. The van der Waals surface area contributed by atoms with Crippen molar-refractivity contribution in [1.29, 1.82) is 0 Å². The summed E-state index contributed by atoms with van der Waals surface area (Å²) in [5.41, 5.74) is 0.860. The van der Waals surface area contributed by atoms with E-state index in [-0.39, 0.29) is 18.5 Å². The van der Waals surface area contributed by atoms with Crippen LogP contribution in [0.25, 0.3) is 0 Å². The molecule has 1 unspecified atom stereocenters. The van der Waals surface area contributed by atoms with E-state index in [0.29, 0.717) is 23.9 Å². The Morgan fingerprint density at radius 2 is 2.05 bits per heavy atom. The quantitative estimate of drug-likeness (QED) is 0.753. The van der Waals surface area contributed by atoms with Crippen molar-refractivity contribution in [2.45, 2.75) is 13.5 Å². The molecule has 0 fully saturated rings. The van der Waals surface area contributed by atoms with Gasteiger partial charge in [0.15, 0.2) is 11.5 Å². The van der Waals surface area contributed by atoms with Crippen molar-refractivity contribution in [3.05, 3.63) is 23.8 Å². The van der Waals surface area contributed by atoms with Gasteiger partial charge in [-0.05, 0) is 23.6 Å². The molecule has 1 aromatic carbocycles. The number of ether oxygens (including phenoxy) is 2. The number of halogens is 1. The van der Waals surface area contributed by atoms with Gasteiger partial charge in [0.1, 0.15) is 0 Å². The molecule has 2 rings (SSSR count). The van der Waals surface area contributed by atoms with Gasteiger partial charge in [-0.2, -0.15) is 0 Å². The van der Waals surface area contributed by atoms with Gasteiger partial charge in [-0.15, -0.1) is 11.6 Å². The zero-order valence-electron chi connectivity index (χ0n) is 11.5. The second kappa shape index (κ2) is 6.20. The Morgan fingerprint density at radius 1 is 1.35 bits per heavy atom. The molecule has 1 aliphatic rings. The van der Waals surface area contributed by atoms with E-state index in [1.54, 1.807) is 19.2 Å². The first-order chi connectivity index (χ1) is 9.42. The van der Waals surface area contributed by atoms with E-state index in [0.717, 1.165) is 5.56 Å². The highest BCUT2D eigenvalue weighted by molar-refractivity contribution is 7.89. The first kappa shape index (κ1) is 15.4. The van der Waals surface area contributed by atoms with Gasteiger partial charge in [0.25, 0.3) is 0 Å². The van der Waals surface area contributed by atoms with E-state index in [4.69, 9.17) is 21.1 Å². The SMILES string of the molecule is CC(CCl)CS(=O)(=O)N(C)Cc1ccc2c(c1)OCO2. The molecule has 0 N–H and O–H groups in total. The molecule has 0 aromatic heterocycles. The Balaban J connectivity index is 2.05. The summed E-state index contributed by atoms with van der Waals surface area (Å²) in [5.74, 6) is 1.66. The standard InChI is InChI=1S/C13H18ClNO4S/c1-10(6-14)8-20(16,17)15(2)7-11-3-4-12-13(5-11)19-9-18-12/h3-5,10H,6-9H2,1-2H3. The molecule has 20 heavy (non-hydrogen) atoms. The fraction of sp³-hybridized carbons (Fsp3) is 0.538. The molecule has 0 radical (unpaired) electrons. The zero-order valence-corrected chi connectivity index (χ0v) is 13.1. The van der Waals surface area contributed by atoms with Crippen LogP contribution >= 0.6 is 11.6 Å². The van der Waals surface area contributed by atoms with Gasteiger partial charge in [0.2, 0.25) is 16.8 Å². The summed E-state index contributed by atoms with van der Waals surface area (Å²) in [6, 6.07) is 5.43. The van der Waals surface area contributed by atoms with Gasteiger partial charge in [-0.25, -0.2) is 12.7 Å². The topological polar surface area (TPSA) is 55.8 Å². The molecule has 5 nitrogen and oxygen atoms in total. The Morgan fingerprint density at radius 3 is 2.75 bits per heavy atom. The third-order valence-electron chi connectivity index (χ3n) is 3.08. The number of alkyl halides is 1. The van der Waals surface area contributed by atoms with Crippen molar-refractivity contribution < 1.29 is 17.9 Å². The maximum absolute atomic E-state index is 12.1. The van der Waals surface area contributed by atoms with E-state index >= 15 is 0 Å². The average Bonchev–Trinajstić information content (AvgIpc) is 2.85. The number of sulfonamides is 1. The lowest BCUT2D eigenvalue weighted by Crippen LogP contribution is -2.31. The highest BCUT2D eigenvalue weighted by Gasteiger charge is 2.22. The van der Waals surface area contributed by atoms with E-state index in [9.17, 15) is 8.42 Å². The average molecular weight is 320 g/mol. The van der Waals surface area contributed by atoms with Crippen LogP contribution in [0.15, 0.2) is 18.2 Å². The Hall–Kier alpha value is -0.980. The number of fused-ring (bicyclic) bond motifs is 1. The number of hydrogen-bond acceptors (Lipinski definition) is 4. The molecule has 0 bridgehead atoms. The maximum atomic E-state index is 12.1. The summed E-state index contributed by atoms with van der Waals surface area (Å²) >= 11 is 5.67. The van der Waals surface area contributed by atoms with Crippen molar-refractivity contribution in [2.75, 3.05) is 25.5 Å². The zero-order chi connectivity index (χ0) is 14.8. The minimum Gasteiger partial charge on any atom is -0.454 e. The molecule has 0 spiro atoms. The Bertz CT molecular complexity index is 576. The van der Waals surface area contributed by atoms with Crippen LogP contribution in [0.1, 0.15) is 12.5 Å². The van der Waals surface area contributed by atoms with Gasteiger partial charge in [-0.1, -0.05) is 13.0 Å². The Kier molecular flexibility index (Phi) is 4.78. The molecule has 112 valence electrons. The van der Waals surface area contributed by atoms with Gasteiger partial charge in [0.05, 0.1) is 5.75 Å². The summed E-state index contributed by atoms with van der Waals surface area (Å²) in [6.45, 7) is 2.33. The molecule has 7 heteroatoms. The summed E-state index contributed by atoms with van der Waals surface area (Å²) < 4.78 is 36.1. The second-order valence-electron chi connectivity index (χ2n) is 4.98. The molecule has 1 aromatic rings. The summed E-state index contributed by atoms with van der Waals surface area (Å²) in [7, 11) is -1.74.